The quantitative estimate of drug-likeness (QED) is 0.835. The van der Waals surface area contributed by atoms with Crippen molar-refractivity contribution in [3.05, 3.63) is 41.5 Å². The third-order valence-electron chi connectivity index (χ3n) is 2.12. The fourth-order valence-corrected chi connectivity index (χ4v) is 1.35. The van der Waals surface area contributed by atoms with Crippen molar-refractivity contribution in [2.24, 2.45) is 0 Å². The number of nitrogens with one attached hydrogen (secondary N) is 1. The van der Waals surface area contributed by atoms with Gasteiger partial charge < -0.3 is 14.9 Å². The number of aromatic carboxylic acids is 1. The van der Waals surface area contributed by atoms with Crippen LogP contribution in [0.4, 0.5) is 5.69 Å². The van der Waals surface area contributed by atoms with E-state index in [1.807, 2.05) is 13.0 Å². The van der Waals surface area contributed by atoms with E-state index >= 15 is 0 Å². The van der Waals surface area contributed by atoms with Crippen LogP contribution in [0.25, 0.3) is 0 Å². The maximum Gasteiger partial charge on any atom is 0.354 e. The van der Waals surface area contributed by atoms with E-state index < -0.39 is 5.97 Å². The molecule has 0 saturated heterocycles. The molecule has 0 aliphatic heterocycles. The van der Waals surface area contributed by atoms with Gasteiger partial charge in [-0.2, -0.15) is 0 Å². The molecule has 0 amide bonds. The molecular formula is C11H11N3O3. The molecule has 0 radical (unpaired) electrons. The van der Waals surface area contributed by atoms with E-state index in [0.717, 1.165) is 5.69 Å². The maximum atomic E-state index is 10.7. The molecule has 17 heavy (non-hydrogen) atoms. The molecule has 88 valence electrons. The SMILES string of the molecule is Cc1cc(CNc2ccnc(C(=O)O)c2)on1. The molecule has 0 aromatic carbocycles. The second kappa shape index (κ2) is 4.65. The van der Waals surface area contributed by atoms with Crippen LogP contribution in [0.3, 0.4) is 0 Å². The smallest absolute Gasteiger partial charge is 0.354 e. The molecule has 0 fully saturated rings. The molecule has 0 atom stereocenters. The number of carboxylic acids is 1. The van der Waals surface area contributed by atoms with Gasteiger partial charge in [-0.3, -0.25) is 0 Å². The van der Waals surface area contributed by atoms with E-state index in [-0.39, 0.29) is 5.69 Å². The maximum absolute atomic E-state index is 10.7. The Kier molecular flexibility index (Phi) is 3.04. The molecule has 0 aliphatic carbocycles. The van der Waals surface area contributed by atoms with Gasteiger partial charge in [-0.1, -0.05) is 5.16 Å². The van der Waals surface area contributed by atoms with Crippen LogP contribution in [0.2, 0.25) is 0 Å². The summed E-state index contributed by atoms with van der Waals surface area (Å²) in [6.07, 6.45) is 1.44. The second-order valence-electron chi connectivity index (χ2n) is 3.52. The highest BCUT2D eigenvalue weighted by Gasteiger charge is 2.05. The normalized spacial score (nSPS) is 10.2. The lowest BCUT2D eigenvalue weighted by atomic mass is 10.3. The van der Waals surface area contributed by atoms with Crippen LogP contribution in [0.5, 0.6) is 0 Å². The van der Waals surface area contributed by atoms with Gasteiger partial charge in [0.1, 0.15) is 5.69 Å². The van der Waals surface area contributed by atoms with Crippen molar-refractivity contribution in [3.63, 3.8) is 0 Å². The van der Waals surface area contributed by atoms with Crippen LogP contribution in [0, 0.1) is 6.92 Å². The molecule has 2 heterocycles. The molecule has 0 bridgehead atoms. The molecule has 0 saturated carbocycles. The Labute approximate surface area is 97.3 Å². The highest BCUT2D eigenvalue weighted by atomic mass is 16.5. The van der Waals surface area contributed by atoms with E-state index in [1.54, 1.807) is 6.07 Å². The van der Waals surface area contributed by atoms with Crippen LogP contribution in [-0.2, 0) is 6.54 Å². The average Bonchev–Trinajstić information content (AvgIpc) is 2.73. The summed E-state index contributed by atoms with van der Waals surface area (Å²) in [6.45, 7) is 2.28. The van der Waals surface area contributed by atoms with E-state index in [4.69, 9.17) is 9.63 Å². The Bertz CT molecular complexity index is 536. The fourth-order valence-electron chi connectivity index (χ4n) is 1.35. The van der Waals surface area contributed by atoms with Crippen molar-refractivity contribution in [1.29, 1.82) is 0 Å². The molecule has 2 N–H and O–H groups in total. The van der Waals surface area contributed by atoms with Gasteiger partial charge in [-0.25, -0.2) is 9.78 Å². The lowest BCUT2D eigenvalue weighted by molar-refractivity contribution is 0.0690. The number of carbonyl (C=O) groups is 1. The van der Waals surface area contributed by atoms with Crippen LogP contribution in [0.15, 0.2) is 28.9 Å². The minimum absolute atomic E-state index is 0.00347. The summed E-state index contributed by atoms with van der Waals surface area (Å²) in [6, 6.07) is 4.97. The summed E-state index contributed by atoms with van der Waals surface area (Å²) in [5, 5.41) is 15.6. The Balaban J connectivity index is 2.04. The standard InChI is InChI=1S/C11H11N3O3/c1-7-4-9(17-14-7)6-13-8-2-3-12-10(5-8)11(15)16/h2-5H,6H2,1H3,(H,12,13)(H,15,16). The fraction of sp³-hybridized carbons (Fsp3) is 0.182. The molecule has 0 unspecified atom stereocenters. The van der Waals surface area contributed by atoms with Gasteiger partial charge in [0.2, 0.25) is 0 Å². The predicted molar refractivity (Wildman–Crippen MR) is 59.8 cm³/mol. The first-order valence-electron chi connectivity index (χ1n) is 5.00. The monoisotopic (exact) mass is 233 g/mol. The zero-order chi connectivity index (χ0) is 12.3. The van der Waals surface area contributed by atoms with Gasteiger partial charge >= 0.3 is 5.97 Å². The van der Waals surface area contributed by atoms with Gasteiger partial charge in [0.05, 0.1) is 12.2 Å². The predicted octanol–water partition coefficient (Wildman–Crippen LogP) is 1.69. The van der Waals surface area contributed by atoms with Gasteiger partial charge in [-0.05, 0) is 19.1 Å². The number of pyridine rings is 1. The topological polar surface area (TPSA) is 88.2 Å². The number of nitrogens with zero attached hydrogens (tertiary/aromatic N) is 2. The average molecular weight is 233 g/mol. The van der Waals surface area contributed by atoms with E-state index in [1.165, 1.54) is 12.3 Å². The first-order chi connectivity index (χ1) is 8.15. The van der Waals surface area contributed by atoms with E-state index in [9.17, 15) is 4.79 Å². The van der Waals surface area contributed by atoms with Crippen molar-refractivity contribution in [2.75, 3.05) is 5.32 Å². The molecule has 2 aromatic rings. The van der Waals surface area contributed by atoms with Crippen LogP contribution in [-0.4, -0.2) is 21.2 Å². The molecule has 2 aromatic heterocycles. The minimum atomic E-state index is -1.05. The Morgan fingerprint density at radius 2 is 2.35 bits per heavy atom. The highest BCUT2D eigenvalue weighted by Crippen LogP contribution is 2.10. The third kappa shape index (κ3) is 2.81. The van der Waals surface area contributed by atoms with E-state index in [0.29, 0.717) is 18.0 Å². The number of rotatable bonds is 4. The zero-order valence-electron chi connectivity index (χ0n) is 9.17. The van der Waals surface area contributed by atoms with E-state index in [2.05, 4.69) is 15.5 Å². The molecule has 6 heteroatoms. The Morgan fingerprint density at radius 3 is 3.00 bits per heavy atom. The number of hydrogen-bond donors (Lipinski definition) is 2. The minimum Gasteiger partial charge on any atom is -0.477 e. The summed E-state index contributed by atoms with van der Waals surface area (Å²) in [4.78, 5) is 14.4. The molecule has 6 nitrogen and oxygen atoms in total. The van der Waals surface area contributed by atoms with Crippen LogP contribution >= 0.6 is 0 Å². The first-order valence-corrected chi connectivity index (χ1v) is 5.00. The molecule has 0 aliphatic rings. The lowest BCUT2D eigenvalue weighted by Crippen LogP contribution is -2.03. The van der Waals surface area contributed by atoms with Crippen molar-refractivity contribution >= 4 is 11.7 Å². The summed E-state index contributed by atoms with van der Waals surface area (Å²) < 4.78 is 5.02. The van der Waals surface area contributed by atoms with Crippen LogP contribution < -0.4 is 5.32 Å². The molecule has 2 rings (SSSR count). The van der Waals surface area contributed by atoms with Crippen molar-refractivity contribution in [1.82, 2.24) is 10.1 Å². The summed E-state index contributed by atoms with van der Waals surface area (Å²) in [7, 11) is 0. The highest BCUT2D eigenvalue weighted by molar-refractivity contribution is 5.86. The molecular weight excluding hydrogens is 222 g/mol. The Hall–Kier alpha value is -2.37. The first kappa shape index (κ1) is 11.1. The number of aromatic nitrogens is 2. The summed E-state index contributed by atoms with van der Waals surface area (Å²) in [5.74, 6) is -0.361. The van der Waals surface area contributed by atoms with Gasteiger partial charge in [-0.15, -0.1) is 0 Å². The van der Waals surface area contributed by atoms with Crippen molar-refractivity contribution in [3.8, 4) is 0 Å². The largest absolute Gasteiger partial charge is 0.477 e. The summed E-state index contributed by atoms with van der Waals surface area (Å²) >= 11 is 0. The molecule has 0 spiro atoms. The lowest BCUT2D eigenvalue weighted by Gasteiger charge is -2.03. The van der Waals surface area contributed by atoms with Gasteiger partial charge in [0.15, 0.2) is 5.76 Å². The van der Waals surface area contributed by atoms with Gasteiger partial charge in [0.25, 0.3) is 0 Å². The number of carboxylic acid groups (broad SMARTS) is 1. The second-order valence-corrected chi connectivity index (χ2v) is 3.52. The van der Waals surface area contributed by atoms with Gasteiger partial charge in [0, 0.05) is 18.0 Å². The number of hydrogen-bond acceptors (Lipinski definition) is 5. The van der Waals surface area contributed by atoms with Crippen molar-refractivity contribution in [2.45, 2.75) is 13.5 Å². The third-order valence-corrected chi connectivity index (χ3v) is 2.12. The zero-order valence-corrected chi connectivity index (χ0v) is 9.17. The van der Waals surface area contributed by atoms with Crippen LogP contribution in [0.1, 0.15) is 21.9 Å². The number of anilines is 1. The summed E-state index contributed by atoms with van der Waals surface area (Å²) in [5.41, 5.74) is 1.48. The van der Waals surface area contributed by atoms with Crippen molar-refractivity contribution < 1.29 is 14.4 Å². The number of aryl methyl sites for hydroxylation is 1. The Morgan fingerprint density at radius 1 is 1.53 bits per heavy atom.